The van der Waals surface area contributed by atoms with Gasteiger partial charge in [-0.2, -0.15) is 0 Å². The Bertz CT molecular complexity index is 495. The van der Waals surface area contributed by atoms with Crippen LogP contribution in [0.1, 0.15) is 0 Å². The smallest absolute Gasteiger partial charge is 0.133 e. The molecule has 0 aliphatic carbocycles. The van der Waals surface area contributed by atoms with Gasteiger partial charge in [0.15, 0.2) is 0 Å². The Morgan fingerprint density at radius 3 is 2.53 bits per heavy atom. The lowest BCUT2D eigenvalue weighted by Gasteiger charge is -2.03. The van der Waals surface area contributed by atoms with E-state index in [4.69, 9.17) is 0 Å². The molecule has 0 nitrogen and oxygen atoms in total. The maximum absolute atomic E-state index is 13.4. The molecule has 0 saturated carbocycles. The number of rotatable bonds is 1. The van der Waals surface area contributed by atoms with Gasteiger partial charge in [-0.25, -0.2) is 8.78 Å². The molecule has 0 fully saturated rings. The molecule has 2 rings (SSSR count). The van der Waals surface area contributed by atoms with Gasteiger partial charge in [-0.15, -0.1) is 0 Å². The Hall–Kier alpha value is -1.22. The quantitative estimate of drug-likeness (QED) is 0.727. The monoisotopic (exact) mass is 267 g/mol. The van der Waals surface area contributed by atoms with Crippen LogP contribution < -0.4 is 0 Å². The van der Waals surface area contributed by atoms with Crippen LogP contribution in [0.25, 0.3) is 11.1 Å². The SMILES string of the molecule is Fc1ccc(-c2[c]ccc(Br)c2)c(F)c1. The fourth-order valence-corrected chi connectivity index (χ4v) is 1.66. The summed E-state index contributed by atoms with van der Waals surface area (Å²) >= 11 is 3.28. The zero-order chi connectivity index (χ0) is 10.8. The molecule has 75 valence electrons. The molecule has 2 aromatic carbocycles. The van der Waals surface area contributed by atoms with Crippen molar-refractivity contribution in [2.45, 2.75) is 0 Å². The molecular weight excluding hydrogens is 262 g/mol. The minimum absolute atomic E-state index is 0.345. The van der Waals surface area contributed by atoms with Crippen molar-refractivity contribution in [3.05, 3.63) is 58.6 Å². The van der Waals surface area contributed by atoms with Gasteiger partial charge in [0.25, 0.3) is 0 Å². The van der Waals surface area contributed by atoms with E-state index in [9.17, 15) is 8.78 Å². The van der Waals surface area contributed by atoms with Gasteiger partial charge >= 0.3 is 0 Å². The molecule has 0 atom stereocenters. The van der Waals surface area contributed by atoms with Crippen LogP contribution in [0.4, 0.5) is 8.78 Å². The largest absolute Gasteiger partial charge is 0.207 e. The van der Waals surface area contributed by atoms with Crippen molar-refractivity contribution in [3.63, 3.8) is 0 Å². The lowest BCUT2D eigenvalue weighted by Crippen LogP contribution is -1.86. The molecule has 1 radical (unpaired) electrons. The first-order valence-electron chi connectivity index (χ1n) is 4.29. The second kappa shape index (κ2) is 4.11. The topological polar surface area (TPSA) is 0 Å². The minimum atomic E-state index is -0.579. The van der Waals surface area contributed by atoms with Crippen molar-refractivity contribution < 1.29 is 8.78 Å². The summed E-state index contributed by atoms with van der Waals surface area (Å²) in [6, 6.07) is 11.6. The van der Waals surface area contributed by atoms with Crippen LogP contribution in [0.2, 0.25) is 0 Å². The molecule has 0 unspecified atom stereocenters. The van der Waals surface area contributed by atoms with E-state index in [2.05, 4.69) is 22.0 Å². The van der Waals surface area contributed by atoms with Crippen LogP contribution in [0, 0.1) is 17.7 Å². The van der Waals surface area contributed by atoms with Crippen LogP contribution in [0.5, 0.6) is 0 Å². The zero-order valence-electron chi connectivity index (χ0n) is 7.60. The molecule has 0 N–H and O–H groups in total. The molecule has 15 heavy (non-hydrogen) atoms. The first kappa shape index (κ1) is 10.3. The molecule has 0 spiro atoms. The van der Waals surface area contributed by atoms with Crippen molar-refractivity contribution in [2.24, 2.45) is 0 Å². The predicted octanol–water partition coefficient (Wildman–Crippen LogP) is 4.19. The molecule has 0 aromatic heterocycles. The highest BCUT2D eigenvalue weighted by molar-refractivity contribution is 9.10. The molecule has 0 heterocycles. The van der Waals surface area contributed by atoms with E-state index in [-0.39, 0.29) is 0 Å². The summed E-state index contributed by atoms with van der Waals surface area (Å²) in [5.41, 5.74) is 0.944. The first-order valence-corrected chi connectivity index (χ1v) is 5.09. The lowest BCUT2D eigenvalue weighted by atomic mass is 10.1. The third-order valence-corrected chi connectivity index (χ3v) is 2.48. The Balaban J connectivity index is 2.54. The second-order valence-corrected chi connectivity index (χ2v) is 3.96. The van der Waals surface area contributed by atoms with Gasteiger partial charge in [-0.3, -0.25) is 0 Å². The normalized spacial score (nSPS) is 10.3. The van der Waals surface area contributed by atoms with Crippen LogP contribution in [-0.2, 0) is 0 Å². The summed E-state index contributed by atoms with van der Waals surface area (Å²) < 4.78 is 26.9. The highest BCUT2D eigenvalue weighted by Crippen LogP contribution is 2.25. The molecule has 0 bridgehead atoms. The summed E-state index contributed by atoms with van der Waals surface area (Å²) in [6.45, 7) is 0. The zero-order valence-corrected chi connectivity index (χ0v) is 9.18. The van der Waals surface area contributed by atoms with Gasteiger partial charge in [0.05, 0.1) is 0 Å². The molecule has 0 saturated heterocycles. The van der Waals surface area contributed by atoms with Crippen molar-refractivity contribution in [2.75, 3.05) is 0 Å². The van der Waals surface area contributed by atoms with Crippen LogP contribution in [0.15, 0.2) is 40.9 Å². The Morgan fingerprint density at radius 1 is 1.07 bits per heavy atom. The lowest BCUT2D eigenvalue weighted by molar-refractivity contribution is 0.585. The van der Waals surface area contributed by atoms with Crippen LogP contribution in [-0.4, -0.2) is 0 Å². The minimum Gasteiger partial charge on any atom is -0.207 e. The standard InChI is InChI=1S/C12H6BrF2/c13-9-3-1-2-8(6-9)11-5-4-10(14)7-12(11)15/h1,3-7H. The van der Waals surface area contributed by atoms with E-state index >= 15 is 0 Å². The van der Waals surface area contributed by atoms with E-state index in [1.807, 2.05) is 0 Å². The maximum atomic E-state index is 13.4. The van der Waals surface area contributed by atoms with Crippen LogP contribution >= 0.6 is 15.9 Å². The average molecular weight is 268 g/mol. The molecule has 0 amide bonds. The summed E-state index contributed by atoms with van der Waals surface area (Å²) in [5, 5.41) is 0. The first-order chi connectivity index (χ1) is 7.16. The van der Waals surface area contributed by atoms with Crippen molar-refractivity contribution in [3.8, 4) is 11.1 Å². The summed E-state index contributed by atoms with van der Waals surface area (Å²) in [6.07, 6.45) is 0. The summed E-state index contributed by atoms with van der Waals surface area (Å²) in [7, 11) is 0. The summed E-state index contributed by atoms with van der Waals surface area (Å²) in [5.74, 6) is -1.16. The van der Waals surface area contributed by atoms with E-state index in [0.717, 1.165) is 10.5 Å². The van der Waals surface area contributed by atoms with E-state index in [1.165, 1.54) is 12.1 Å². The van der Waals surface area contributed by atoms with Crippen molar-refractivity contribution >= 4 is 15.9 Å². The molecule has 0 aliphatic heterocycles. The van der Waals surface area contributed by atoms with E-state index in [0.29, 0.717) is 11.1 Å². The van der Waals surface area contributed by atoms with Gasteiger partial charge < -0.3 is 0 Å². The molecule has 2 aromatic rings. The van der Waals surface area contributed by atoms with Crippen LogP contribution in [0.3, 0.4) is 0 Å². The number of halogens is 3. The van der Waals surface area contributed by atoms with E-state index < -0.39 is 11.6 Å². The van der Waals surface area contributed by atoms with Crippen molar-refractivity contribution in [1.29, 1.82) is 0 Å². The maximum Gasteiger partial charge on any atom is 0.133 e. The second-order valence-electron chi connectivity index (χ2n) is 3.04. The predicted molar refractivity (Wildman–Crippen MR) is 58.3 cm³/mol. The number of hydrogen-bond donors (Lipinski definition) is 0. The van der Waals surface area contributed by atoms with Gasteiger partial charge in [0, 0.05) is 16.1 Å². The van der Waals surface area contributed by atoms with Gasteiger partial charge in [0.2, 0.25) is 0 Å². The van der Waals surface area contributed by atoms with E-state index in [1.54, 1.807) is 18.2 Å². The highest BCUT2D eigenvalue weighted by atomic mass is 79.9. The van der Waals surface area contributed by atoms with Gasteiger partial charge in [0.1, 0.15) is 11.6 Å². The fourth-order valence-electron chi connectivity index (χ4n) is 1.30. The molecular formula is C12H6BrF2. The Morgan fingerprint density at radius 2 is 1.87 bits per heavy atom. The Labute approximate surface area is 94.7 Å². The third-order valence-electron chi connectivity index (χ3n) is 1.98. The highest BCUT2D eigenvalue weighted by Gasteiger charge is 2.06. The molecule has 0 aliphatic rings. The number of benzene rings is 2. The fraction of sp³-hybridized carbons (Fsp3) is 0. The third kappa shape index (κ3) is 2.23. The van der Waals surface area contributed by atoms with Crippen molar-refractivity contribution in [1.82, 2.24) is 0 Å². The van der Waals surface area contributed by atoms with Gasteiger partial charge in [-0.05, 0) is 35.9 Å². The molecule has 3 heteroatoms. The summed E-state index contributed by atoms with van der Waals surface area (Å²) in [4.78, 5) is 0. The average Bonchev–Trinajstić information content (AvgIpc) is 2.17. The Kier molecular flexibility index (Phi) is 2.82. The van der Waals surface area contributed by atoms with Gasteiger partial charge in [-0.1, -0.05) is 22.0 Å². The number of hydrogen-bond acceptors (Lipinski definition) is 0.